The van der Waals surface area contributed by atoms with Gasteiger partial charge in [0, 0.05) is 29.6 Å². The van der Waals surface area contributed by atoms with Gasteiger partial charge in [-0.2, -0.15) is 18.3 Å². The lowest BCUT2D eigenvalue weighted by atomic mass is 10.0. The molecule has 3 aromatic rings. The Balaban J connectivity index is 2.27. The molecule has 1 aromatic heterocycles. The normalized spacial score (nSPS) is 12.0. The largest absolute Gasteiger partial charge is 0.464 e. The predicted octanol–water partition coefficient (Wildman–Crippen LogP) is 5.14. The molecule has 0 amide bonds. The third-order valence-corrected chi connectivity index (χ3v) is 4.26. The summed E-state index contributed by atoms with van der Waals surface area (Å²) in [6, 6.07) is 6.47. The molecule has 0 aliphatic rings. The van der Waals surface area contributed by atoms with E-state index in [9.17, 15) is 17.6 Å². The van der Waals surface area contributed by atoms with Crippen LogP contribution in [0.15, 0.2) is 34.8 Å². The lowest BCUT2D eigenvalue weighted by molar-refractivity contribution is -0.137. The Bertz CT molecular complexity index is 970. The van der Waals surface area contributed by atoms with Crippen molar-refractivity contribution in [2.75, 3.05) is 13.9 Å². The summed E-state index contributed by atoms with van der Waals surface area (Å²) in [6.07, 6.45) is -4.67. The van der Waals surface area contributed by atoms with Crippen LogP contribution in [0.2, 0.25) is 0 Å². The number of nitrogens with zero attached hydrogens (tertiary/aromatic N) is 2. The van der Waals surface area contributed by atoms with Crippen LogP contribution in [0, 0.1) is 5.82 Å². The number of benzene rings is 2. The zero-order valence-corrected chi connectivity index (χ0v) is 15.3. The number of methoxy groups -OCH3 is 1. The van der Waals surface area contributed by atoms with E-state index in [1.807, 2.05) is 0 Å². The quantitative estimate of drug-likeness (QED) is 0.422. The minimum atomic E-state index is -4.67. The van der Waals surface area contributed by atoms with Crippen LogP contribution in [0.1, 0.15) is 5.56 Å². The summed E-state index contributed by atoms with van der Waals surface area (Å²) in [7, 11) is 2.92. The van der Waals surface area contributed by atoms with Gasteiger partial charge in [-0.15, -0.1) is 0 Å². The van der Waals surface area contributed by atoms with E-state index in [-0.39, 0.29) is 18.1 Å². The minimum absolute atomic E-state index is 0.0980. The summed E-state index contributed by atoms with van der Waals surface area (Å²) in [5.74, 6) is -1.48. The van der Waals surface area contributed by atoms with Crippen molar-refractivity contribution in [3.8, 4) is 17.0 Å². The van der Waals surface area contributed by atoms with Gasteiger partial charge in [-0.05, 0) is 30.3 Å². The molecular formula is C17H13BrF4N2O2. The van der Waals surface area contributed by atoms with E-state index in [1.54, 1.807) is 25.2 Å². The fourth-order valence-corrected chi connectivity index (χ4v) is 2.94. The average Bonchev–Trinajstić information content (AvgIpc) is 2.89. The molecule has 3 rings (SSSR count). The monoisotopic (exact) mass is 432 g/mol. The van der Waals surface area contributed by atoms with Crippen molar-refractivity contribution in [1.82, 2.24) is 9.78 Å². The van der Waals surface area contributed by atoms with Gasteiger partial charge in [-0.25, -0.2) is 4.39 Å². The van der Waals surface area contributed by atoms with Gasteiger partial charge in [0.1, 0.15) is 5.69 Å². The fraction of sp³-hybridized carbons (Fsp3) is 0.235. The molecule has 0 spiro atoms. The molecule has 0 unspecified atom stereocenters. The maximum absolute atomic E-state index is 14.9. The van der Waals surface area contributed by atoms with Gasteiger partial charge in [0.15, 0.2) is 18.4 Å². The molecule has 0 saturated carbocycles. The Kier molecular flexibility index (Phi) is 4.94. The van der Waals surface area contributed by atoms with E-state index in [0.717, 1.165) is 10.5 Å². The molecule has 2 aromatic carbocycles. The lowest BCUT2D eigenvalue weighted by Gasteiger charge is -2.14. The fourth-order valence-electron chi connectivity index (χ4n) is 2.59. The second kappa shape index (κ2) is 6.88. The SMILES string of the molecule is COCOc1cc(C(F)(F)F)cc(-c2nn(C)c3cc(Br)ccc23)c1F. The van der Waals surface area contributed by atoms with E-state index in [2.05, 4.69) is 25.8 Å². The molecule has 1 heterocycles. The van der Waals surface area contributed by atoms with E-state index in [0.29, 0.717) is 17.0 Å². The second-order valence-corrected chi connectivity index (χ2v) is 6.43. The number of alkyl halides is 3. The van der Waals surface area contributed by atoms with Crippen molar-refractivity contribution in [1.29, 1.82) is 0 Å². The predicted molar refractivity (Wildman–Crippen MR) is 91.3 cm³/mol. The molecule has 0 N–H and O–H groups in total. The molecular weight excluding hydrogens is 420 g/mol. The molecule has 9 heteroatoms. The molecule has 0 atom stereocenters. The number of aryl methyl sites for hydroxylation is 1. The molecule has 0 fully saturated rings. The van der Waals surface area contributed by atoms with E-state index >= 15 is 0 Å². The number of halogens is 5. The molecule has 0 aliphatic heterocycles. The Labute approximate surface area is 154 Å². The Morgan fingerprint density at radius 2 is 1.92 bits per heavy atom. The summed E-state index contributed by atoms with van der Waals surface area (Å²) >= 11 is 3.33. The number of ether oxygens (including phenoxy) is 2. The van der Waals surface area contributed by atoms with Gasteiger partial charge in [0.25, 0.3) is 0 Å². The summed E-state index contributed by atoms with van der Waals surface area (Å²) in [4.78, 5) is 0. The zero-order chi connectivity index (χ0) is 19.1. The van der Waals surface area contributed by atoms with Crippen LogP contribution in [0.25, 0.3) is 22.2 Å². The first-order valence-corrected chi connectivity index (χ1v) is 8.16. The van der Waals surface area contributed by atoms with Gasteiger partial charge in [0.05, 0.1) is 11.1 Å². The van der Waals surface area contributed by atoms with Crippen LogP contribution >= 0.6 is 15.9 Å². The second-order valence-electron chi connectivity index (χ2n) is 5.52. The Morgan fingerprint density at radius 3 is 2.58 bits per heavy atom. The van der Waals surface area contributed by atoms with Gasteiger partial charge in [-0.1, -0.05) is 15.9 Å². The maximum Gasteiger partial charge on any atom is 0.416 e. The van der Waals surface area contributed by atoms with Crippen LogP contribution in [-0.2, 0) is 18.0 Å². The highest BCUT2D eigenvalue weighted by atomic mass is 79.9. The highest BCUT2D eigenvalue weighted by Crippen LogP contribution is 2.39. The first-order chi connectivity index (χ1) is 12.2. The molecule has 0 radical (unpaired) electrons. The van der Waals surface area contributed by atoms with Crippen LogP contribution in [0.5, 0.6) is 5.75 Å². The number of fused-ring (bicyclic) bond motifs is 1. The molecule has 0 saturated heterocycles. The molecule has 138 valence electrons. The van der Waals surface area contributed by atoms with Crippen LogP contribution < -0.4 is 4.74 Å². The van der Waals surface area contributed by atoms with Gasteiger partial charge >= 0.3 is 6.18 Å². The number of aromatic nitrogens is 2. The van der Waals surface area contributed by atoms with Crippen molar-refractivity contribution < 1.29 is 27.0 Å². The molecule has 0 aliphatic carbocycles. The van der Waals surface area contributed by atoms with E-state index < -0.39 is 23.3 Å². The van der Waals surface area contributed by atoms with Crippen molar-refractivity contribution in [2.24, 2.45) is 7.05 Å². The molecule has 26 heavy (non-hydrogen) atoms. The topological polar surface area (TPSA) is 36.3 Å². The Morgan fingerprint density at radius 1 is 1.19 bits per heavy atom. The zero-order valence-electron chi connectivity index (χ0n) is 13.7. The maximum atomic E-state index is 14.9. The number of hydrogen-bond acceptors (Lipinski definition) is 3. The van der Waals surface area contributed by atoms with Crippen molar-refractivity contribution >= 4 is 26.8 Å². The van der Waals surface area contributed by atoms with Crippen LogP contribution in [0.4, 0.5) is 17.6 Å². The number of hydrogen-bond donors (Lipinski definition) is 0. The smallest absolute Gasteiger partial charge is 0.416 e. The summed E-state index contributed by atoms with van der Waals surface area (Å²) < 4.78 is 66.5. The standard InChI is InChI=1S/C17H13BrF4N2O2/c1-24-13-7-10(18)3-4-11(13)16(23-24)12-5-9(17(20,21)22)6-14(15(12)19)26-8-25-2/h3-7H,8H2,1-2H3. The van der Waals surface area contributed by atoms with Gasteiger partial charge < -0.3 is 9.47 Å². The summed E-state index contributed by atoms with van der Waals surface area (Å²) in [5.41, 5.74) is -0.582. The third-order valence-electron chi connectivity index (χ3n) is 3.77. The number of rotatable bonds is 4. The van der Waals surface area contributed by atoms with Gasteiger partial charge in [0.2, 0.25) is 0 Å². The third kappa shape index (κ3) is 3.41. The van der Waals surface area contributed by atoms with E-state index in [4.69, 9.17) is 4.74 Å². The van der Waals surface area contributed by atoms with Crippen LogP contribution in [-0.4, -0.2) is 23.7 Å². The minimum Gasteiger partial charge on any atom is -0.464 e. The van der Waals surface area contributed by atoms with E-state index in [1.165, 1.54) is 11.8 Å². The molecule has 4 nitrogen and oxygen atoms in total. The summed E-state index contributed by atoms with van der Waals surface area (Å²) in [6.45, 7) is -0.381. The first kappa shape index (κ1) is 18.7. The van der Waals surface area contributed by atoms with Crippen molar-refractivity contribution in [2.45, 2.75) is 6.18 Å². The highest BCUT2D eigenvalue weighted by molar-refractivity contribution is 9.10. The van der Waals surface area contributed by atoms with Crippen molar-refractivity contribution in [3.05, 3.63) is 46.2 Å². The molecule has 0 bridgehead atoms. The Hall–Kier alpha value is -2.13. The van der Waals surface area contributed by atoms with Crippen LogP contribution in [0.3, 0.4) is 0 Å². The highest BCUT2D eigenvalue weighted by Gasteiger charge is 2.33. The lowest BCUT2D eigenvalue weighted by Crippen LogP contribution is -2.09. The van der Waals surface area contributed by atoms with Crippen molar-refractivity contribution in [3.63, 3.8) is 0 Å². The van der Waals surface area contributed by atoms with Gasteiger partial charge in [-0.3, -0.25) is 4.68 Å². The summed E-state index contributed by atoms with van der Waals surface area (Å²) in [5, 5.41) is 4.73. The average molecular weight is 433 g/mol. The first-order valence-electron chi connectivity index (χ1n) is 7.37.